The van der Waals surface area contributed by atoms with E-state index in [9.17, 15) is 0 Å². The number of hydrogen-bond donors (Lipinski definition) is 0. The van der Waals surface area contributed by atoms with Gasteiger partial charge in [-0.1, -0.05) is 61.4 Å². The van der Waals surface area contributed by atoms with Crippen molar-refractivity contribution in [2.24, 2.45) is 0 Å². The number of thioether (sulfide) groups is 1. The Hall–Kier alpha value is -1.86. The van der Waals surface area contributed by atoms with E-state index in [1.54, 1.807) is 0 Å². The van der Waals surface area contributed by atoms with E-state index in [1.165, 1.54) is 11.8 Å². The van der Waals surface area contributed by atoms with Crippen LogP contribution in [0.4, 0.5) is 0 Å². The normalized spacial score (nSPS) is 11.9. The molecular formula is C17H20ClN5OS. The van der Waals surface area contributed by atoms with Crippen molar-refractivity contribution in [2.45, 2.75) is 50.6 Å². The summed E-state index contributed by atoms with van der Waals surface area (Å²) in [5.41, 5.74) is 0.794. The second-order valence-corrected chi connectivity index (χ2v) is 7.99. The van der Waals surface area contributed by atoms with Crippen molar-refractivity contribution in [3.63, 3.8) is 0 Å². The summed E-state index contributed by atoms with van der Waals surface area (Å²) in [6.45, 7) is 8.96. The molecule has 3 aromatic rings. The molecule has 0 amide bonds. The van der Waals surface area contributed by atoms with E-state index in [0.717, 1.165) is 23.1 Å². The van der Waals surface area contributed by atoms with Crippen LogP contribution in [-0.4, -0.2) is 24.9 Å². The highest BCUT2D eigenvalue weighted by atomic mass is 35.5. The lowest BCUT2D eigenvalue weighted by molar-refractivity contribution is 0.319. The minimum Gasteiger partial charge on any atom is -0.339 e. The van der Waals surface area contributed by atoms with E-state index in [0.29, 0.717) is 22.5 Å². The van der Waals surface area contributed by atoms with Gasteiger partial charge in [0, 0.05) is 22.5 Å². The van der Waals surface area contributed by atoms with Crippen molar-refractivity contribution < 1.29 is 4.52 Å². The molecule has 0 aliphatic heterocycles. The molecule has 0 N–H and O–H groups in total. The summed E-state index contributed by atoms with van der Waals surface area (Å²) in [4.78, 5) is 4.46. The zero-order valence-electron chi connectivity index (χ0n) is 14.7. The van der Waals surface area contributed by atoms with Gasteiger partial charge in [-0.05, 0) is 19.1 Å². The highest BCUT2D eigenvalue weighted by Gasteiger charge is 2.22. The topological polar surface area (TPSA) is 69.6 Å². The monoisotopic (exact) mass is 377 g/mol. The van der Waals surface area contributed by atoms with Crippen LogP contribution in [0.3, 0.4) is 0 Å². The predicted octanol–water partition coefficient (Wildman–Crippen LogP) is 4.59. The highest BCUT2D eigenvalue weighted by Crippen LogP contribution is 2.28. The van der Waals surface area contributed by atoms with Gasteiger partial charge in [0.25, 0.3) is 0 Å². The molecule has 0 fully saturated rings. The van der Waals surface area contributed by atoms with Crippen LogP contribution in [0, 0.1) is 0 Å². The van der Waals surface area contributed by atoms with Crippen LogP contribution in [0.15, 0.2) is 33.9 Å². The van der Waals surface area contributed by atoms with Gasteiger partial charge < -0.3 is 9.09 Å². The molecule has 0 atom stereocenters. The fourth-order valence-electron chi connectivity index (χ4n) is 2.27. The lowest BCUT2D eigenvalue weighted by atomic mass is 9.97. The first-order valence-electron chi connectivity index (χ1n) is 8.03. The molecule has 0 spiro atoms. The lowest BCUT2D eigenvalue weighted by Gasteiger charge is -2.10. The number of rotatable bonds is 5. The minimum atomic E-state index is -0.154. The molecule has 2 heterocycles. The van der Waals surface area contributed by atoms with Crippen molar-refractivity contribution in [3.05, 3.63) is 41.0 Å². The van der Waals surface area contributed by atoms with Gasteiger partial charge in [0.2, 0.25) is 5.89 Å². The number of nitrogens with zero attached hydrogens (tertiary/aromatic N) is 5. The second kappa shape index (κ2) is 7.17. The molecule has 0 bridgehead atoms. The van der Waals surface area contributed by atoms with E-state index in [1.807, 2.05) is 45.0 Å². The van der Waals surface area contributed by atoms with E-state index in [-0.39, 0.29) is 5.41 Å². The quantitative estimate of drug-likeness (QED) is 0.605. The van der Waals surface area contributed by atoms with E-state index in [4.69, 9.17) is 16.1 Å². The third-order valence-corrected chi connectivity index (χ3v) is 4.75. The Morgan fingerprint density at radius 3 is 2.68 bits per heavy atom. The Bertz CT molecular complexity index is 868. The fourth-order valence-corrected chi connectivity index (χ4v) is 3.30. The van der Waals surface area contributed by atoms with Crippen LogP contribution < -0.4 is 0 Å². The maximum atomic E-state index is 6.09. The fraction of sp³-hybridized carbons (Fsp3) is 0.412. The van der Waals surface area contributed by atoms with Crippen LogP contribution in [0.2, 0.25) is 5.02 Å². The molecule has 25 heavy (non-hydrogen) atoms. The Morgan fingerprint density at radius 1 is 1.24 bits per heavy atom. The van der Waals surface area contributed by atoms with Gasteiger partial charge >= 0.3 is 0 Å². The molecule has 0 unspecified atom stereocenters. The van der Waals surface area contributed by atoms with E-state index >= 15 is 0 Å². The molecule has 0 radical (unpaired) electrons. The molecular weight excluding hydrogens is 358 g/mol. The smallest absolute Gasteiger partial charge is 0.232 e. The van der Waals surface area contributed by atoms with Crippen molar-refractivity contribution in [3.8, 4) is 11.4 Å². The lowest BCUT2D eigenvalue weighted by Crippen LogP contribution is -2.11. The molecule has 0 aliphatic rings. The highest BCUT2D eigenvalue weighted by molar-refractivity contribution is 7.98. The van der Waals surface area contributed by atoms with Crippen LogP contribution in [0.1, 0.15) is 39.4 Å². The van der Waals surface area contributed by atoms with Gasteiger partial charge in [0.05, 0.1) is 5.75 Å². The molecule has 0 saturated carbocycles. The van der Waals surface area contributed by atoms with E-state index < -0.39 is 0 Å². The van der Waals surface area contributed by atoms with Gasteiger partial charge in [0.15, 0.2) is 16.8 Å². The summed E-state index contributed by atoms with van der Waals surface area (Å²) < 4.78 is 7.39. The summed E-state index contributed by atoms with van der Waals surface area (Å²) in [6.07, 6.45) is 0. The first-order valence-corrected chi connectivity index (χ1v) is 9.40. The second-order valence-electron chi connectivity index (χ2n) is 6.62. The summed E-state index contributed by atoms with van der Waals surface area (Å²) in [5, 5.41) is 14.2. The molecule has 0 aliphatic carbocycles. The van der Waals surface area contributed by atoms with Crippen LogP contribution in [0.25, 0.3) is 11.4 Å². The number of benzene rings is 1. The third kappa shape index (κ3) is 4.04. The summed E-state index contributed by atoms with van der Waals surface area (Å²) in [7, 11) is 0. The molecule has 132 valence electrons. The van der Waals surface area contributed by atoms with Gasteiger partial charge in [-0.2, -0.15) is 4.98 Å². The number of aromatic nitrogens is 5. The van der Waals surface area contributed by atoms with E-state index in [2.05, 4.69) is 31.8 Å². The van der Waals surface area contributed by atoms with Gasteiger partial charge in [0.1, 0.15) is 0 Å². The van der Waals surface area contributed by atoms with Gasteiger partial charge in [-0.15, -0.1) is 10.2 Å². The molecule has 8 heteroatoms. The largest absolute Gasteiger partial charge is 0.339 e. The summed E-state index contributed by atoms with van der Waals surface area (Å²) >= 11 is 7.63. The zero-order valence-corrected chi connectivity index (χ0v) is 16.2. The van der Waals surface area contributed by atoms with Crippen molar-refractivity contribution in [1.29, 1.82) is 0 Å². The predicted molar refractivity (Wildman–Crippen MR) is 98.7 cm³/mol. The van der Waals surface area contributed by atoms with Crippen molar-refractivity contribution in [2.75, 3.05) is 0 Å². The summed E-state index contributed by atoms with van der Waals surface area (Å²) in [6, 6.07) is 7.62. The van der Waals surface area contributed by atoms with Crippen molar-refractivity contribution in [1.82, 2.24) is 24.9 Å². The Balaban J connectivity index is 1.78. The third-order valence-electron chi connectivity index (χ3n) is 3.56. The van der Waals surface area contributed by atoms with Crippen molar-refractivity contribution >= 4 is 23.4 Å². The average molecular weight is 378 g/mol. The van der Waals surface area contributed by atoms with Crippen LogP contribution in [-0.2, 0) is 17.7 Å². The average Bonchev–Trinajstić information content (AvgIpc) is 3.19. The Labute approximate surface area is 156 Å². The molecule has 6 nitrogen and oxygen atoms in total. The number of hydrogen-bond acceptors (Lipinski definition) is 6. The van der Waals surface area contributed by atoms with Gasteiger partial charge in [-0.25, -0.2) is 0 Å². The SMILES string of the molecule is CCn1c(SCc2noc(C(C)(C)C)n2)nnc1-c1cccc(Cl)c1. The standard InChI is InChI=1S/C17H20ClN5OS/c1-5-23-14(11-7-6-8-12(18)9-11)20-21-16(23)25-10-13-19-15(24-22-13)17(2,3)4/h6-9H,5,10H2,1-4H3. The molecule has 2 aromatic heterocycles. The first kappa shape index (κ1) is 17.9. The van der Waals surface area contributed by atoms with Crippen LogP contribution in [0.5, 0.6) is 0 Å². The first-order chi connectivity index (χ1) is 11.9. The van der Waals surface area contributed by atoms with Crippen LogP contribution >= 0.6 is 23.4 Å². The molecule has 0 saturated heterocycles. The number of halogens is 1. The molecule has 1 aromatic carbocycles. The minimum absolute atomic E-state index is 0.154. The Kier molecular flexibility index (Phi) is 5.15. The molecule has 3 rings (SSSR count). The maximum Gasteiger partial charge on any atom is 0.232 e. The van der Waals surface area contributed by atoms with Gasteiger partial charge in [-0.3, -0.25) is 0 Å². The zero-order chi connectivity index (χ0) is 18.0. The maximum absolute atomic E-state index is 6.09. The summed E-state index contributed by atoms with van der Waals surface area (Å²) in [5.74, 6) is 2.67. The Morgan fingerprint density at radius 2 is 2.04 bits per heavy atom.